The Hall–Kier alpha value is -0.650. The number of carboxylic acid groups (broad SMARTS) is 1. The number of hydrogen-bond acceptors (Lipinski definition) is 4. The number of ether oxygens (including phenoxy) is 1. The van der Waals surface area contributed by atoms with E-state index in [0.29, 0.717) is 0 Å². The maximum atomic E-state index is 10.2. The van der Waals surface area contributed by atoms with Crippen LogP contribution in [-0.4, -0.2) is 35.1 Å². The van der Waals surface area contributed by atoms with Crippen molar-refractivity contribution in [2.75, 3.05) is 13.2 Å². The monoisotopic (exact) mass is 149 g/mol. The van der Waals surface area contributed by atoms with Crippen molar-refractivity contribution in [3.05, 3.63) is 0 Å². The number of carbonyl (C=O) groups is 1. The van der Waals surface area contributed by atoms with E-state index in [4.69, 9.17) is 15.9 Å². The molecule has 0 saturated heterocycles. The van der Waals surface area contributed by atoms with Crippen LogP contribution in [0.2, 0.25) is 0 Å². The predicted molar refractivity (Wildman–Crippen MR) is 33.3 cm³/mol. The predicted octanol–water partition coefficient (Wildman–Crippen LogP) is -1.25. The van der Waals surface area contributed by atoms with Crippen LogP contribution in [0.1, 0.15) is 6.92 Å². The van der Waals surface area contributed by atoms with Gasteiger partial charge in [-0.2, -0.15) is 0 Å². The third kappa shape index (κ3) is 1.94. The smallest absolute Gasteiger partial charge is 0.365 e. The molecule has 0 bridgehead atoms. The summed E-state index contributed by atoms with van der Waals surface area (Å²) in [6.45, 7) is 1.24. The van der Waals surface area contributed by atoms with Crippen molar-refractivity contribution >= 4 is 5.97 Å². The van der Waals surface area contributed by atoms with Gasteiger partial charge in [-0.15, -0.1) is 0 Å². The summed E-state index contributed by atoms with van der Waals surface area (Å²) in [5, 5.41) is 17.3. The topological polar surface area (TPSA) is 92.8 Å². The Kier molecular flexibility index (Phi) is 3.27. The molecule has 0 saturated carbocycles. The summed E-state index contributed by atoms with van der Waals surface area (Å²) in [6.07, 6.45) is 0. The van der Waals surface area contributed by atoms with E-state index in [1.165, 1.54) is 0 Å². The quantitative estimate of drug-likeness (QED) is 0.434. The lowest BCUT2D eigenvalue weighted by Gasteiger charge is -2.20. The van der Waals surface area contributed by atoms with Crippen molar-refractivity contribution in [1.29, 1.82) is 0 Å². The van der Waals surface area contributed by atoms with Gasteiger partial charge in [0.05, 0.1) is 6.54 Å². The Morgan fingerprint density at radius 1 is 1.80 bits per heavy atom. The summed E-state index contributed by atoms with van der Waals surface area (Å²) in [5.41, 5.74) is 4.94. The van der Waals surface area contributed by atoms with Crippen LogP contribution in [0.4, 0.5) is 0 Å². The third-order valence-corrected chi connectivity index (χ3v) is 0.994. The van der Waals surface area contributed by atoms with E-state index in [1.807, 2.05) is 0 Å². The van der Waals surface area contributed by atoms with Crippen molar-refractivity contribution in [2.45, 2.75) is 12.7 Å². The molecule has 0 aromatic carbocycles. The van der Waals surface area contributed by atoms with Gasteiger partial charge in [0.15, 0.2) is 0 Å². The van der Waals surface area contributed by atoms with Crippen LogP contribution >= 0.6 is 0 Å². The first-order valence-electron chi connectivity index (χ1n) is 2.86. The highest BCUT2D eigenvalue weighted by atomic mass is 16.6. The third-order valence-electron chi connectivity index (χ3n) is 0.994. The van der Waals surface area contributed by atoms with Crippen LogP contribution in [0.3, 0.4) is 0 Å². The maximum absolute atomic E-state index is 10.2. The molecule has 0 heterocycles. The second-order valence-corrected chi connectivity index (χ2v) is 1.73. The molecule has 10 heavy (non-hydrogen) atoms. The normalized spacial score (nSPS) is 16.3. The SMILES string of the molecule is CCOC(O)(CN)C(=O)O. The second kappa shape index (κ2) is 3.50. The van der Waals surface area contributed by atoms with Crippen LogP contribution in [0.5, 0.6) is 0 Å². The molecule has 5 heteroatoms. The molecule has 0 aromatic rings. The van der Waals surface area contributed by atoms with Crippen molar-refractivity contribution in [2.24, 2.45) is 5.73 Å². The lowest BCUT2D eigenvalue weighted by Crippen LogP contribution is -2.48. The first-order chi connectivity index (χ1) is 4.56. The Bertz CT molecular complexity index is 127. The molecule has 0 fully saturated rings. The summed E-state index contributed by atoms with van der Waals surface area (Å²) >= 11 is 0. The van der Waals surface area contributed by atoms with Gasteiger partial charge in [-0.25, -0.2) is 4.79 Å². The fraction of sp³-hybridized carbons (Fsp3) is 0.800. The highest BCUT2D eigenvalue weighted by molar-refractivity contribution is 5.75. The van der Waals surface area contributed by atoms with Crippen molar-refractivity contribution in [3.8, 4) is 0 Å². The molecular weight excluding hydrogens is 138 g/mol. The highest BCUT2D eigenvalue weighted by Gasteiger charge is 2.34. The Morgan fingerprint density at radius 2 is 2.30 bits per heavy atom. The van der Waals surface area contributed by atoms with Crippen molar-refractivity contribution in [3.63, 3.8) is 0 Å². The average molecular weight is 149 g/mol. The van der Waals surface area contributed by atoms with Gasteiger partial charge in [0, 0.05) is 6.61 Å². The summed E-state index contributed by atoms with van der Waals surface area (Å²) in [5.74, 6) is -3.67. The molecular formula is C5H11NO4. The van der Waals surface area contributed by atoms with E-state index in [1.54, 1.807) is 6.92 Å². The Balaban J connectivity index is 4.08. The van der Waals surface area contributed by atoms with Crippen LogP contribution in [0, 0.1) is 0 Å². The van der Waals surface area contributed by atoms with Gasteiger partial charge in [-0.05, 0) is 6.92 Å². The molecule has 4 N–H and O–H groups in total. The molecule has 1 unspecified atom stereocenters. The number of aliphatic hydroxyl groups is 1. The van der Waals surface area contributed by atoms with E-state index >= 15 is 0 Å². The largest absolute Gasteiger partial charge is 0.477 e. The minimum absolute atomic E-state index is 0.111. The van der Waals surface area contributed by atoms with Gasteiger partial charge < -0.3 is 20.7 Å². The van der Waals surface area contributed by atoms with Crippen molar-refractivity contribution < 1.29 is 19.7 Å². The van der Waals surface area contributed by atoms with Gasteiger partial charge in [-0.3, -0.25) is 0 Å². The lowest BCUT2D eigenvalue weighted by atomic mass is 10.3. The van der Waals surface area contributed by atoms with Gasteiger partial charge in [-0.1, -0.05) is 0 Å². The first-order valence-corrected chi connectivity index (χ1v) is 2.86. The average Bonchev–Trinajstić information content (AvgIpc) is 1.88. The summed E-state index contributed by atoms with van der Waals surface area (Å²) < 4.78 is 4.47. The molecule has 0 aliphatic carbocycles. The molecule has 0 aliphatic rings. The molecule has 0 amide bonds. The van der Waals surface area contributed by atoms with Crippen LogP contribution in [0.15, 0.2) is 0 Å². The number of carboxylic acids is 1. The van der Waals surface area contributed by atoms with E-state index in [2.05, 4.69) is 4.74 Å². The number of rotatable bonds is 4. The van der Waals surface area contributed by atoms with Crippen LogP contribution in [-0.2, 0) is 9.53 Å². The second-order valence-electron chi connectivity index (χ2n) is 1.73. The van der Waals surface area contributed by atoms with E-state index in [-0.39, 0.29) is 6.61 Å². The first kappa shape index (κ1) is 9.35. The number of hydrogen-bond donors (Lipinski definition) is 3. The molecule has 0 radical (unpaired) electrons. The number of nitrogens with two attached hydrogens (primary N) is 1. The zero-order valence-corrected chi connectivity index (χ0v) is 5.70. The minimum atomic E-state index is -2.21. The van der Waals surface area contributed by atoms with E-state index in [0.717, 1.165) is 0 Å². The highest BCUT2D eigenvalue weighted by Crippen LogP contribution is 2.03. The Labute approximate surface area is 58.4 Å². The van der Waals surface area contributed by atoms with Gasteiger partial charge in [0.25, 0.3) is 5.79 Å². The van der Waals surface area contributed by atoms with Crippen molar-refractivity contribution in [1.82, 2.24) is 0 Å². The molecule has 1 atom stereocenters. The van der Waals surface area contributed by atoms with Gasteiger partial charge in [0.2, 0.25) is 0 Å². The summed E-state index contributed by atoms with van der Waals surface area (Å²) in [4.78, 5) is 10.2. The zero-order chi connectivity index (χ0) is 8.20. The number of aliphatic carboxylic acids is 1. The molecule has 0 aliphatic heterocycles. The fourth-order valence-corrected chi connectivity index (χ4v) is 0.447. The Morgan fingerprint density at radius 3 is 2.40 bits per heavy atom. The molecule has 0 aromatic heterocycles. The van der Waals surface area contributed by atoms with Gasteiger partial charge >= 0.3 is 5.97 Å². The summed E-state index contributed by atoms with van der Waals surface area (Å²) in [7, 11) is 0. The fourth-order valence-electron chi connectivity index (χ4n) is 0.447. The molecule has 60 valence electrons. The molecule has 0 spiro atoms. The lowest BCUT2D eigenvalue weighted by molar-refractivity contribution is -0.217. The standard InChI is InChI=1S/C5H11NO4/c1-2-10-5(9,3-6)4(7)8/h9H,2-3,6H2,1H3,(H,7,8). The van der Waals surface area contributed by atoms with E-state index < -0.39 is 18.3 Å². The minimum Gasteiger partial charge on any atom is -0.477 e. The zero-order valence-electron chi connectivity index (χ0n) is 5.70. The molecule has 5 nitrogen and oxygen atoms in total. The van der Waals surface area contributed by atoms with Gasteiger partial charge in [0.1, 0.15) is 0 Å². The molecule has 0 rings (SSSR count). The maximum Gasteiger partial charge on any atom is 0.365 e. The van der Waals surface area contributed by atoms with Crippen LogP contribution < -0.4 is 5.73 Å². The van der Waals surface area contributed by atoms with E-state index in [9.17, 15) is 4.79 Å². The van der Waals surface area contributed by atoms with Crippen LogP contribution in [0.25, 0.3) is 0 Å². The summed E-state index contributed by atoms with van der Waals surface area (Å²) in [6, 6.07) is 0.